The number of amides is 1. The zero-order valence-corrected chi connectivity index (χ0v) is 18.3. The van der Waals surface area contributed by atoms with Crippen molar-refractivity contribution in [3.8, 4) is 0 Å². The second-order valence-corrected chi connectivity index (χ2v) is 10.2. The van der Waals surface area contributed by atoms with Crippen molar-refractivity contribution in [2.75, 3.05) is 36.5 Å². The van der Waals surface area contributed by atoms with Crippen LogP contribution in [-0.2, 0) is 9.53 Å². The SMILES string of the molecule is C=CC(=O)Nc1ccc2c(N3CCC4(CC3)COC4)cc(SNC3(C)CC3)cc2c1. The molecule has 158 valence electrons. The van der Waals surface area contributed by atoms with Gasteiger partial charge in [0.15, 0.2) is 0 Å². The minimum absolute atomic E-state index is 0.188. The molecule has 5 rings (SSSR count). The Hall–Kier alpha value is -2.02. The van der Waals surface area contributed by atoms with E-state index < -0.39 is 0 Å². The van der Waals surface area contributed by atoms with E-state index in [2.05, 4.69) is 52.7 Å². The number of nitrogens with one attached hydrogen (secondary N) is 2. The van der Waals surface area contributed by atoms with Gasteiger partial charge in [0.1, 0.15) is 0 Å². The third kappa shape index (κ3) is 3.96. The Morgan fingerprint density at radius 2 is 1.93 bits per heavy atom. The van der Waals surface area contributed by atoms with Gasteiger partial charge in [-0.05, 0) is 80.3 Å². The fraction of sp³-hybridized carbons (Fsp3) is 0.458. The first-order chi connectivity index (χ1) is 14.5. The van der Waals surface area contributed by atoms with Crippen molar-refractivity contribution in [1.29, 1.82) is 0 Å². The van der Waals surface area contributed by atoms with Crippen LogP contribution in [0.25, 0.3) is 10.8 Å². The molecular formula is C24H29N3O2S. The number of hydrogen-bond acceptors (Lipinski definition) is 5. The molecule has 2 aromatic carbocycles. The van der Waals surface area contributed by atoms with Gasteiger partial charge >= 0.3 is 0 Å². The normalized spacial score (nSPS) is 21.3. The summed E-state index contributed by atoms with van der Waals surface area (Å²) in [5.41, 5.74) is 2.77. The Bertz CT molecular complexity index is 987. The van der Waals surface area contributed by atoms with Crippen molar-refractivity contribution in [2.24, 2.45) is 5.41 Å². The molecule has 2 aliphatic heterocycles. The molecule has 30 heavy (non-hydrogen) atoms. The molecule has 6 heteroatoms. The number of benzene rings is 2. The highest BCUT2D eigenvalue weighted by molar-refractivity contribution is 7.97. The van der Waals surface area contributed by atoms with Crippen LogP contribution in [0.15, 0.2) is 47.9 Å². The van der Waals surface area contributed by atoms with Gasteiger partial charge in [0.2, 0.25) is 5.91 Å². The molecule has 2 N–H and O–H groups in total. The van der Waals surface area contributed by atoms with Gasteiger partial charge < -0.3 is 15.0 Å². The van der Waals surface area contributed by atoms with Crippen LogP contribution in [0.3, 0.4) is 0 Å². The average Bonchev–Trinajstić information content (AvgIpc) is 3.48. The van der Waals surface area contributed by atoms with Crippen molar-refractivity contribution in [3.05, 3.63) is 43.0 Å². The van der Waals surface area contributed by atoms with Gasteiger partial charge in [0, 0.05) is 45.7 Å². The van der Waals surface area contributed by atoms with Gasteiger partial charge in [-0.2, -0.15) is 0 Å². The van der Waals surface area contributed by atoms with Crippen LogP contribution in [0.1, 0.15) is 32.6 Å². The minimum Gasteiger partial charge on any atom is -0.380 e. The summed E-state index contributed by atoms with van der Waals surface area (Å²) in [4.78, 5) is 15.5. The van der Waals surface area contributed by atoms with Crippen molar-refractivity contribution < 1.29 is 9.53 Å². The van der Waals surface area contributed by atoms with E-state index >= 15 is 0 Å². The molecule has 2 saturated heterocycles. The zero-order valence-electron chi connectivity index (χ0n) is 17.5. The van der Waals surface area contributed by atoms with E-state index in [0.29, 0.717) is 5.41 Å². The maximum absolute atomic E-state index is 11.8. The van der Waals surface area contributed by atoms with Crippen LogP contribution >= 0.6 is 11.9 Å². The second-order valence-electron chi connectivity index (χ2n) is 9.32. The lowest BCUT2D eigenvalue weighted by Crippen LogP contribution is -2.51. The molecule has 0 atom stereocenters. The summed E-state index contributed by atoms with van der Waals surface area (Å²) in [6.07, 6.45) is 6.14. The van der Waals surface area contributed by atoms with E-state index in [0.717, 1.165) is 37.4 Å². The molecule has 3 fully saturated rings. The van der Waals surface area contributed by atoms with E-state index in [1.807, 2.05) is 6.07 Å². The van der Waals surface area contributed by atoms with Crippen molar-refractivity contribution in [2.45, 2.75) is 43.0 Å². The van der Waals surface area contributed by atoms with Crippen LogP contribution in [0, 0.1) is 5.41 Å². The molecule has 5 nitrogen and oxygen atoms in total. The maximum atomic E-state index is 11.8. The van der Waals surface area contributed by atoms with Crippen LogP contribution in [0.2, 0.25) is 0 Å². The van der Waals surface area contributed by atoms with E-state index in [4.69, 9.17) is 4.74 Å². The molecule has 1 amide bonds. The third-order valence-corrected chi connectivity index (χ3v) is 7.82. The van der Waals surface area contributed by atoms with Gasteiger partial charge in [-0.25, -0.2) is 0 Å². The molecular weight excluding hydrogens is 394 g/mol. The van der Waals surface area contributed by atoms with Crippen molar-refractivity contribution >= 4 is 40.0 Å². The number of anilines is 2. The lowest BCUT2D eigenvalue weighted by atomic mass is 9.76. The molecule has 3 aliphatic rings. The molecule has 0 radical (unpaired) electrons. The highest BCUT2D eigenvalue weighted by Crippen LogP contribution is 2.43. The predicted molar refractivity (Wildman–Crippen MR) is 124 cm³/mol. The maximum Gasteiger partial charge on any atom is 0.247 e. The highest BCUT2D eigenvalue weighted by Gasteiger charge is 2.41. The van der Waals surface area contributed by atoms with E-state index in [1.165, 1.54) is 47.7 Å². The molecule has 0 unspecified atom stereocenters. The van der Waals surface area contributed by atoms with Crippen LogP contribution in [0.4, 0.5) is 11.4 Å². The Morgan fingerprint density at radius 3 is 2.57 bits per heavy atom. The van der Waals surface area contributed by atoms with Crippen LogP contribution < -0.4 is 14.9 Å². The van der Waals surface area contributed by atoms with Gasteiger partial charge in [-0.15, -0.1) is 0 Å². The summed E-state index contributed by atoms with van der Waals surface area (Å²) in [6, 6.07) is 10.7. The minimum atomic E-state index is -0.188. The average molecular weight is 424 g/mol. The largest absolute Gasteiger partial charge is 0.380 e. The number of piperidine rings is 1. The molecule has 0 aromatic heterocycles. The first kappa shape index (κ1) is 19.9. The lowest BCUT2D eigenvalue weighted by molar-refractivity contribution is -0.124. The van der Waals surface area contributed by atoms with E-state index in [1.54, 1.807) is 11.9 Å². The first-order valence-corrected chi connectivity index (χ1v) is 11.6. The molecule has 2 heterocycles. The monoisotopic (exact) mass is 423 g/mol. The Labute approximate surface area is 182 Å². The predicted octanol–water partition coefficient (Wildman–Crippen LogP) is 4.73. The number of carbonyl (C=O) groups is 1. The zero-order chi connectivity index (χ0) is 20.8. The summed E-state index contributed by atoms with van der Waals surface area (Å²) in [7, 11) is 0. The number of rotatable bonds is 6. The van der Waals surface area contributed by atoms with E-state index in [9.17, 15) is 4.79 Å². The van der Waals surface area contributed by atoms with Crippen molar-refractivity contribution in [3.63, 3.8) is 0 Å². The van der Waals surface area contributed by atoms with Crippen LogP contribution in [0.5, 0.6) is 0 Å². The Balaban J connectivity index is 1.46. The standard InChI is InChI=1S/C24H29N3O2S/c1-3-22(28)25-18-4-5-20-17(12-18)13-19(30-26-23(2)6-7-23)14-21(20)27-10-8-24(9-11-27)15-29-16-24/h3-5,12-14,26H,1,6-11,15-16H2,2H3,(H,25,28). The molecule has 1 spiro atoms. The molecule has 2 aromatic rings. The van der Waals surface area contributed by atoms with Gasteiger partial charge in [-0.3, -0.25) is 9.52 Å². The quantitative estimate of drug-likeness (QED) is 0.520. The molecule has 1 aliphatic carbocycles. The number of fused-ring (bicyclic) bond motifs is 1. The summed E-state index contributed by atoms with van der Waals surface area (Å²) in [5, 5.41) is 5.26. The summed E-state index contributed by atoms with van der Waals surface area (Å²) in [6.45, 7) is 9.79. The Morgan fingerprint density at radius 1 is 1.17 bits per heavy atom. The number of ether oxygens (including phenoxy) is 1. The summed E-state index contributed by atoms with van der Waals surface area (Å²) >= 11 is 1.72. The number of carbonyl (C=O) groups excluding carboxylic acids is 1. The van der Waals surface area contributed by atoms with E-state index in [-0.39, 0.29) is 11.4 Å². The topological polar surface area (TPSA) is 53.6 Å². The smallest absolute Gasteiger partial charge is 0.247 e. The van der Waals surface area contributed by atoms with Gasteiger partial charge in [0.25, 0.3) is 0 Å². The fourth-order valence-corrected chi connectivity index (χ4v) is 5.21. The second kappa shape index (κ2) is 7.59. The fourth-order valence-electron chi connectivity index (χ4n) is 4.29. The van der Waals surface area contributed by atoms with Crippen LogP contribution in [-0.4, -0.2) is 37.7 Å². The summed E-state index contributed by atoms with van der Waals surface area (Å²) < 4.78 is 9.13. The molecule has 1 saturated carbocycles. The third-order valence-electron chi connectivity index (χ3n) is 6.75. The van der Waals surface area contributed by atoms with Gasteiger partial charge in [0.05, 0.1) is 13.2 Å². The Kier molecular flexibility index (Phi) is 5.04. The first-order valence-electron chi connectivity index (χ1n) is 10.8. The highest BCUT2D eigenvalue weighted by atomic mass is 32.2. The van der Waals surface area contributed by atoms with Gasteiger partial charge in [-0.1, -0.05) is 12.6 Å². The lowest BCUT2D eigenvalue weighted by Gasteiger charge is -2.48. The number of hydrogen-bond donors (Lipinski definition) is 2. The van der Waals surface area contributed by atoms with Crippen molar-refractivity contribution in [1.82, 2.24) is 4.72 Å². The summed E-state index contributed by atoms with van der Waals surface area (Å²) in [5.74, 6) is -0.188. The molecule has 0 bridgehead atoms. The number of nitrogens with zero attached hydrogens (tertiary/aromatic N) is 1.